The van der Waals surface area contributed by atoms with Crippen LogP contribution >= 0.6 is 0 Å². The minimum Gasteiger partial charge on any atom is -0.508 e. The van der Waals surface area contributed by atoms with E-state index in [-0.39, 0.29) is 11.4 Å². The lowest BCUT2D eigenvalue weighted by Gasteiger charge is -2.03. The van der Waals surface area contributed by atoms with Crippen LogP contribution in [0.4, 0.5) is 5.69 Å². The smallest absolute Gasteiger partial charge is 0.359 e. The number of aromatic hydroxyl groups is 1. The normalized spacial score (nSPS) is 10.6. The van der Waals surface area contributed by atoms with Crippen molar-refractivity contribution in [3.63, 3.8) is 0 Å². The average molecular weight is 191 g/mol. The van der Waals surface area contributed by atoms with Gasteiger partial charge in [0.2, 0.25) is 0 Å². The van der Waals surface area contributed by atoms with E-state index in [9.17, 15) is 9.90 Å². The number of fused-ring (bicyclic) bond motifs is 1. The highest BCUT2D eigenvalue weighted by atomic mass is 16.4. The molecule has 72 valence electrons. The lowest BCUT2D eigenvalue weighted by Crippen LogP contribution is -2.08. The minimum absolute atomic E-state index is 0.0600. The maximum atomic E-state index is 11.2. The first-order valence-electron chi connectivity index (χ1n) is 4.11. The molecule has 0 fully saturated rings. The van der Waals surface area contributed by atoms with Crippen LogP contribution in [0.1, 0.15) is 5.56 Å². The van der Waals surface area contributed by atoms with E-state index in [2.05, 4.69) is 0 Å². The molecule has 1 heterocycles. The van der Waals surface area contributed by atoms with Crippen molar-refractivity contribution >= 4 is 16.7 Å². The second kappa shape index (κ2) is 2.77. The van der Waals surface area contributed by atoms with Crippen LogP contribution in [0, 0.1) is 6.92 Å². The number of phenolic OH excluding ortho intramolecular Hbond substituents is 1. The molecule has 0 unspecified atom stereocenters. The lowest BCUT2D eigenvalue weighted by molar-refractivity contribution is 0.473. The van der Waals surface area contributed by atoms with Crippen molar-refractivity contribution in [2.45, 2.75) is 6.92 Å². The highest BCUT2D eigenvalue weighted by molar-refractivity contribution is 5.84. The van der Waals surface area contributed by atoms with Crippen LogP contribution < -0.4 is 11.4 Å². The van der Waals surface area contributed by atoms with Gasteiger partial charge in [0.25, 0.3) is 0 Å². The Balaban J connectivity index is 2.98. The number of nitrogen functional groups attached to an aromatic ring is 1. The van der Waals surface area contributed by atoms with Crippen molar-refractivity contribution in [3.8, 4) is 5.75 Å². The summed E-state index contributed by atoms with van der Waals surface area (Å²) < 4.78 is 4.91. The maximum absolute atomic E-state index is 11.2. The summed E-state index contributed by atoms with van der Waals surface area (Å²) in [7, 11) is 0. The minimum atomic E-state index is -0.569. The molecule has 4 heteroatoms. The molecule has 0 saturated carbocycles. The summed E-state index contributed by atoms with van der Waals surface area (Å²) in [5.74, 6) is 0.0600. The summed E-state index contributed by atoms with van der Waals surface area (Å²) >= 11 is 0. The van der Waals surface area contributed by atoms with E-state index in [1.807, 2.05) is 0 Å². The van der Waals surface area contributed by atoms with Crippen LogP contribution in [0.5, 0.6) is 5.75 Å². The molecule has 14 heavy (non-hydrogen) atoms. The van der Waals surface area contributed by atoms with Gasteiger partial charge in [-0.15, -0.1) is 0 Å². The number of anilines is 1. The Bertz CT molecular complexity index is 557. The molecule has 0 aliphatic heterocycles. The van der Waals surface area contributed by atoms with Crippen molar-refractivity contribution in [3.05, 3.63) is 34.2 Å². The summed E-state index contributed by atoms with van der Waals surface area (Å²) in [5.41, 5.74) is 6.09. The molecule has 2 rings (SSSR count). The Morgan fingerprint density at radius 3 is 2.86 bits per heavy atom. The van der Waals surface area contributed by atoms with Crippen molar-refractivity contribution in [1.29, 1.82) is 0 Å². The SMILES string of the molecule is Cc1c(N)c(=O)oc2cc(O)ccc12. The third-order valence-electron chi connectivity index (χ3n) is 2.20. The van der Waals surface area contributed by atoms with Gasteiger partial charge in [0.15, 0.2) is 0 Å². The van der Waals surface area contributed by atoms with E-state index < -0.39 is 5.63 Å². The number of aryl methyl sites for hydroxylation is 1. The summed E-state index contributed by atoms with van der Waals surface area (Å²) in [6.07, 6.45) is 0. The standard InChI is InChI=1S/C10H9NO3/c1-5-7-3-2-6(12)4-8(7)14-10(13)9(5)11/h2-4,12H,11H2,1H3. The van der Waals surface area contributed by atoms with Gasteiger partial charge in [-0.2, -0.15) is 0 Å². The summed E-state index contributed by atoms with van der Waals surface area (Å²) in [4.78, 5) is 11.2. The largest absolute Gasteiger partial charge is 0.508 e. The van der Waals surface area contributed by atoms with Gasteiger partial charge in [0, 0.05) is 11.5 Å². The zero-order valence-electron chi connectivity index (χ0n) is 7.57. The highest BCUT2D eigenvalue weighted by Crippen LogP contribution is 2.23. The third-order valence-corrected chi connectivity index (χ3v) is 2.20. The first kappa shape index (κ1) is 8.62. The zero-order chi connectivity index (χ0) is 10.3. The van der Waals surface area contributed by atoms with E-state index in [1.54, 1.807) is 13.0 Å². The fourth-order valence-corrected chi connectivity index (χ4v) is 1.36. The maximum Gasteiger partial charge on any atom is 0.359 e. The van der Waals surface area contributed by atoms with Crippen LogP contribution in [0.2, 0.25) is 0 Å². The van der Waals surface area contributed by atoms with Crippen LogP contribution in [0.25, 0.3) is 11.0 Å². The van der Waals surface area contributed by atoms with Crippen LogP contribution in [0.3, 0.4) is 0 Å². The number of rotatable bonds is 0. The number of nitrogens with two attached hydrogens (primary N) is 1. The van der Waals surface area contributed by atoms with Crippen molar-refractivity contribution < 1.29 is 9.52 Å². The molecule has 0 bridgehead atoms. The Morgan fingerprint density at radius 1 is 1.43 bits per heavy atom. The molecule has 0 spiro atoms. The summed E-state index contributed by atoms with van der Waals surface area (Å²) in [5, 5.41) is 9.92. The lowest BCUT2D eigenvalue weighted by atomic mass is 10.1. The van der Waals surface area contributed by atoms with Gasteiger partial charge < -0.3 is 15.3 Å². The van der Waals surface area contributed by atoms with Gasteiger partial charge in [0.1, 0.15) is 17.0 Å². The Morgan fingerprint density at radius 2 is 2.14 bits per heavy atom. The predicted molar refractivity (Wildman–Crippen MR) is 53.3 cm³/mol. The molecular weight excluding hydrogens is 182 g/mol. The monoisotopic (exact) mass is 191 g/mol. The number of benzene rings is 1. The van der Waals surface area contributed by atoms with E-state index in [0.717, 1.165) is 5.39 Å². The molecular formula is C10H9NO3. The quantitative estimate of drug-likeness (QED) is 0.617. The fourth-order valence-electron chi connectivity index (χ4n) is 1.36. The molecule has 1 aromatic carbocycles. The van der Waals surface area contributed by atoms with Crippen molar-refractivity contribution in [2.24, 2.45) is 0 Å². The van der Waals surface area contributed by atoms with Gasteiger partial charge in [0.05, 0.1) is 0 Å². The summed E-state index contributed by atoms with van der Waals surface area (Å²) in [6, 6.07) is 4.58. The molecule has 0 atom stereocenters. The molecule has 4 nitrogen and oxygen atoms in total. The van der Waals surface area contributed by atoms with Crippen molar-refractivity contribution in [2.75, 3.05) is 5.73 Å². The van der Waals surface area contributed by atoms with E-state index >= 15 is 0 Å². The van der Waals surface area contributed by atoms with Gasteiger partial charge >= 0.3 is 5.63 Å². The molecule has 0 aliphatic carbocycles. The fraction of sp³-hybridized carbons (Fsp3) is 0.100. The van der Waals surface area contributed by atoms with Crippen LogP contribution in [0.15, 0.2) is 27.4 Å². The molecule has 0 saturated heterocycles. The molecule has 0 amide bonds. The predicted octanol–water partition coefficient (Wildman–Crippen LogP) is 1.39. The molecule has 0 aliphatic rings. The Hall–Kier alpha value is -1.97. The average Bonchev–Trinajstić information content (AvgIpc) is 2.14. The van der Waals surface area contributed by atoms with E-state index in [1.165, 1.54) is 12.1 Å². The second-order valence-electron chi connectivity index (χ2n) is 3.11. The highest BCUT2D eigenvalue weighted by Gasteiger charge is 2.07. The first-order chi connectivity index (χ1) is 6.59. The second-order valence-corrected chi connectivity index (χ2v) is 3.11. The number of hydrogen-bond acceptors (Lipinski definition) is 4. The number of hydrogen-bond donors (Lipinski definition) is 2. The van der Waals surface area contributed by atoms with Gasteiger partial charge in [-0.1, -0.05) is 0 Å². The van der Waals surface area contributed by atoms with Gasteiger partial charge in [-0.3, -0.25) is 0 Å². The first-order valence-corrected chi connectivity index (χ1v) is 4.11. The van der Waals surface area contributed by atoms with E-state index in [0.29, 0.717) is 11.1 Å². The Labute approximate surface area is 79.6 Å². The third kappa shape index (κ3) is 1.12. The van der Waals surface area contributed by atoms with Gasteiger partial charge in [-0.25, -0.2) is 4.79 Å². The van der Waals surface area contributed by atoms with Gasteiger partial charge in [-0.05, 0) is 24.6 Å². The summed E-state index contributed by atoms with van der Waals surface area (Å²) in [6.45, 7) is 1.74. The molecule has 0 radical (unpaired) electrons. The van der Waals surface area contributed by atoms with Crippen LogP contribution in [-0.4, -0.2) is 5.11 Å². The Kier molecular flexibility index (Phi) is 1.70. The van der Waals surface area contributed by atoms with Crippen molar-refractivity contribution in [1.82, 2.24) is 0 Å². The molecule has 2 aromatic rings. The van der Waals surface area contributed by atoms with E-state index in [4.69, 9.17) is 10.2 Å². The topological polar surface area (TPSA) is 76.5 Å². The number of phenols is 1. The molecule has 1 aromatic heterocycles. The van der Waals surface area contributed by atoms with Crippen LogP contribution in [-0.2, 0) is 0 Å². The zero-order valence-corrected chi connectivity index (χ0v) is 7.57. The molecule has 3 N–H and O–H groups in total.